The molecule has 1 N–H and O–H groups in total. The lowest BCUT2D eigenvalue weighted by atomic mass is 10.1. The molecule has 28 heavy (non-hydrogen) atoms. The van der Waals surface area contributed by atoms with Gasteiger partial charge in [0.1, 0.15) is 6.33 Å². The van der Waals surface area contributed by atoms with Gasteiger partial charge >= 0.3 is 0 Å². The number of aromatic nitrogens is 3. The molecule has 3 rings (SSSR count). The molecule has 0 saturated carbocycles. The van der Waals surface area contributed by atoms with Gasteiger partial charge in [-0.1, -0.05) is 29.5 Å². The Morgan fingerprint density at radius 1 is 1.21 bits per heavy atom. The predicted molar refractivity (Wildman–Crippen MR) is 108 cm³/mol. The molecule has 8 nitrogen and oxygen atoms in total. The molecule has 0 saturated heterocycles. The van der Waals surface area contributed by atoms with Crippen LogP contribution in [0.15, 0.2) is 53.9 Å². The van der Waals surface area contributed by atoms with Gasteiger partial charge in [-0.3, -0.25) is 19.5 Å². The molecule has 144 valence electrons. The first-order valence-corrected chi connectivity index (χ1v) is 9.43. The maximum Gasteiger partial charge on any atom is 0.269 e. The lowest BCUT2D eigenvalue weighted by molar-refractivity contribution is -0.384. The number of benzene rings is 2. The van der Waals surface area contributed by atoms with E-state index < -0.39 is 10.2 Å². The number of hydrogen-bond acceptors (Lipinski definition) is 6. The summed E-state index contributed by atoms with van der Waals surface area (Å²) in [5, 5.41) is 21.8. The molecule has 1 atom stereocenters. The maximum atomic E-state index is 12.5. The van der Waals surface area contributed by atoms with E-state index in [2.05, 4.69) is 21.6 Å². The van der Waals surface area contributed by atoms with Gasteiger partial charge in [0.05, 0.1) is 15.9 Å². The zero-order chi connectivity index (χ0) is 20.3. The first-order valence-electron chi connectivity index (χ1n) is 8.55. The minimum Gasteiger partial charge on any atom is -0.325 e. The SMILES string of the molecule is Cc1ccc(-n2cnnc2SC(C)C(=O)Nc2ccc([N+](=O)[O-])cc2)c(C)c1. The first kappa shape index (κ1) is 19.6. The van der Waals surface area contributed by atoms with E-state index in [9.17, 15) is 14.9 Å². The van der Waals surface area contributed by atoms with Crippen LogP contribution < -0.4 is 5.32 Å². The molecule has 0 aliphatic carbocycles. The second-order valence-corrected chi connectivity index (χ2v) is 7.63. The summed E-state index contributed by atoms with van der Waals surface area (Å²) in [5.41, 5.74) is 3.69. The number of aryl methyl sites for hydroxylation is 2. The van der Waals surface area contributed by atoms with Crippen LogP contribution in [-0.4, -0.2) is 30.8 Å². The molecule has 0 aliphatic rings. The summed E-state index contributed by atoms with van der Waals surface area (Å²) in [7, 11) is 0. The van der Waals surface area contributed by atoms with Crippen molar-refractivity contribution in [3.63, 3.8) is 0 Å². The summed E-state index contributed by atoms with van der Waals surface area (Å²) >= 11 is 1.29. The zero-order valence-electron chi connectivity index (χ0n) is 15.6. The first-order chi connectivity index (χ1) is 13.3. The number of nitrogens with one attached hydrogen (secondary N) is 1. The highest BCUT2D eigenvalue weighted by Gasteiger charge is 2.19. The van der Waals surface area contributed by atoms with Gasteiger partial charge in [-0.05, 0) is 44.5 Å². The third kappa shape index (κ3) is 4.37. The molecule has 1 amide bonds. The molecule has 0 aliphatic heterocycles. The number of anilines is 1. The molecule has 1 aromatic heterocycles. The summed E-state index contributed by atoms with van der Waals surface area (Å²) in [6.45, 7) is 5.82. The van der Waals surface area contributed by atoms with Crippen LogP contribution in [0.1, 0.15) is 18.1 Å². The van der Waals surface area contributed by atoms with Crippen molar-refractivity contribution >= 4 is 29.0 Å². The van der Waals surface area contributed by atoms with E-state index in [1.165, 1.54) is 41.6 Å². The number of carbonyl (C=O) groups is 1. The Kier molecular flexibility index (Phi) is 5.74. The van der Waals surface area contributed by atoms with Crippen molar-refractivity contribution in [2.75, 3.05) is 5.32 Å². The smallest absolute Gasteiger partial charge is 0.269 e. The van der Waals surface area contributed by atoms with Crippen molar-refractivity contribution in [2.45, 2.75) is 31.2 Å². The lowest BCUT2D eigenvalue weighted by Gasteiger charge is -2.14. The third-order valence-electron chi connectivity index (χ3n) is 4.13. The van der Waals surface area contributed by atoms with Gasteiger partial charge in [0.2, 0.25) is 5.91 Å². The molecular formula is C19H19N5O3S. The number of hydrogen-bond donors (Lipinski definition) is 1. The van der Waals surface area contributed by atoms with Crippen molar-refractivity contribution < 1.29 is 9.72 Å². The Morgan fingerprint density at radius 3 is 2.57 bits per heavy atom. The van der Waals surface area contributed by atoms with Crippen LogP contribution in [0.5, 0.6) is 0 Å². The quantitative estimate of drug-likeness (QED) is 0.384. The number of nitrogens with zero attached hydrogens (tertiary/aromatic N) is 4. The topological polar surface area (TPSA) is 103 Å². The van der Waals surface area contributed by atoms with Crippen LogP contribution in [0.3, 0.4) is 0 Å². The number of nitro groups is 1. The Balaban J connectivity index is 1.71. The van der Waals surface area contributed by atoms with Crippen molar-refractivity contribution in [1.29, 1.82) is 0 Å². The van der Waals surface area contributed by atoms with E-state index in [1.54, 1.807) is 13.3 Å². The molecule has 1 unspecified atom stereocenters. The van der Waals surface area contributed by atoms with Gasteiger partial charge in [0, 0.05) is 17.8 Å². The summed E-state index contributed by atoms with van der Waals surface area (Å²) in [6.07, 6.45) is 1.63. The van der Waals surface area contributed by atoms with E-state index in [1.807, 2.05) is 30.5 Å². The molecule has 2 aromatic carbocycles. The fraction of sp³-hybridized carbons (Fsp3) is 0.211. The highest BCUT2D eigenvalue weighted by atomic mass is 32.2. The van der Waals surface area contributed by atoms with Crippen molar-refractivity contribution in [3.05, 3.63) is 70.0 Å². The summed E-state index contributed by atoms with van der Waals surface area (Å²) in [5.74, 6) is -0.228. The molecule has 0 fully saturated rings. The highest BCUT2D eigenvalue weighted by Crippen LogP contribution is 2.26. The largest absolute Gasteiger partial charge is 0.325 e. The van der Waals surface area contributed by atoms with Gasteiger partial charge in [-0.15, -0.1) is 10.2 Å². The molecule has 9 heteroatoms. The van der Waals surface area contributed by atoms with Gasteiger partial charge in [-0.2, -0.15) is 0 Å². The molecule has 3 aromatic rings. The number of carbonyl (C=O) groups excluding carboxylic acids is 1. The Morgan fingerprint density at radius 2 is 1.93 bits per heavy atom. The number of rotatable bonds is 6. The van der Waals surface area contributed by atoms with E-state index in [0.29, 0.717) is 10.8 Å². The number of thioether (sulfide) groups is 1. The summed E-state index contributed by atoms with van der Waals surface area (Å²) in [6, 6.07) is 11.8. The van der Waals surface area contributed by atoms with Crippen molar-refractivity contribution in [3.8, 4) is 5.69 Å². The minimum atomic E-state index is -0.482. The van der Waals surface area contributed by atoms with Crippen LogP contribution >= 0.6 is 11.8 Å². The van der Waals surface area contributed by atoms with E-state index in [-0.39, 0.29) is 11.6 Å². The zero-order valence-corrected chi connectivity index (χ0v) is 16.4. The summed E-state index contributed by atoms with van der Waals surface area (Å²) in [4.78, 5) is 22.7. The van der Waals surface area contributed by atoms with Crippen LogP contribution in [-0.2, 0) is 4.79 Å². The van der Waals surface area contributed by atoms with Crippen LogP contribution in [0.4, 0.5) is 11.4 Å². The molecule has 0 spiro atoms. The van der Waals surface area contributed by atoms with Gasteiger partial charge in [0.25, 0.3) is 5.69 Å². The maximum absolute atomic E-state index is 12.5. The molecule has 0 bridgehead atoms. The minimum absolute atomic E-state index is 0.0259. The Bertz CT molecular complexity index is 1020. The standard InChI is InChI=1S/C19H19N5O3S/c1-12-4-9-17(13(2)10-12)23-11-20-22-19(23)28-14(3)18(25)21-15-5-7-16(8-6-15)24(26)27/h4-11,14H,1-3H3,(H,21,25). The van der Waals surface area contributed by atoms with Crippen molar-refractivity contribution in [2.24, 2.45) is 0 Å². The van der Waals surface area contributed by atoms with Crippen LogP contribution in [0.25, 0.3) is 5.69 Å². The predicted octanol–water partition coefficient (Wildman–Crippen LogP) is 3.91. The molecule has 1 heterocycles. The third-order valence-corrected chi connectivity index (χ3v) is 5.18. The number of amides is 1. The second kappa shape index (κ2) is 8.22. The summed E-state index contributed by atoms with van der Waals surface area (Å²) < 4.78 is 1.86. The van der Waals surface area contributed by atoms with Crippen molar-refractivity contribution in [1.82, 2.24) is 14.8 Å². The fourth-order valence-corrected chi connectivity index (χ4v) is 3.50. The lowest BCUT2D eigenvalue weighted by Crippen LogP contribution is -2.22. The molecule has 0 radical (unpaired) electrons. The van der Waals surface area contributed by atoms with E-state index in [0.717, 1.165) is 11.3 Å². The van der Waals surface area contributed by atoms with E-state index >= 15 is 0 Å². The number of nitro benzene ring substituents is 1. The fourth-order valence-electron chi connectivity index (χ4n) is 2.67. The van der Waals surface area contributed by atoms with Gasteiger partial charge in [-0.25, -0.2) is 0 Å². The highest BCUT2D eigenvalue weighted by molar-refractivity contribution is 8.00. The average molecular weight is 397 g/mol. The van der Waals surface area contributed by atoms with Gasteiger partial charge < -0.3 is 5.32 Å². The number of non-ortho nitro benzene ring substituents is 1. The van der Waals surface area contributed by atoms with Gasteiger partial charge in [0.15, 0.2) is 5.16 Å². The Labute approximate surface area is 166 Å². The van der Waals surface area contributed by atoms with Crippen LogP contribution in [0, 0.1) is 24.0 Å². The van der Waals surface area contributed by atoms with Crippen LogP contribution in [0.2, 0.25) is 0 Å². The average Bonchev–Trinajstić information content (AvgIpc) is 3.10. The van der Waals surface area contributed by atoms with E-state index in [4.69, 9.17) is 0 Å². The molecular weight excluding hydrogens is 378 g/mol. The monoisotopic (exact) mass is 397 g/mol. The second-order valence-electron chi connectivity index (χ2n) is 6.33. The Hall–Kier alpha value is -3.20. The normalized spacial score (nSPS) is 11.8.